The summed E-state index contributed by atoms with van der Waals surface area (Å²) in [5.74, 6) is 0.898. The minimum Gasteiger partial charge on any atom is -0.507 e. The number of fused-ring (bicyclic) bond motifs is 1. The number of rotatable bonds is 5. The van der Waals surface area contributed by atoms with E-state index < -0.39 is 0 Å². The van der Waals surface area contributed by atoms with Gasteiger partial charge in [0.2, 0.25) is 0 Å². The number of pyridine rings is 2. The van der Waals surface area contributed by atoms with Crippen molar-refractivity contribution in [2.24, 2.45) is 0 Å². The number of nitrogens with zero attached hydrogens (tertiary/aromatic N) is 4. The van der Waals surface area contributed by atoms with Crippen LogP contribution in [0.2, 0.25) is 0 Å². The van der Waals surface area contributed by atoms with Gasteiger partial charge < -0.3 is 5.11 Å². The average Bonchev–Trinajstić information content (AvgIpc) is 3.48. The van der Waals surface area contributed by atoms with Crippen LogP contribution in [-0.4, -0.2) is 24.6 Å². The number of phenols is 1. The highest BCUT2D eigenvalue weighted by atomic mass is 16.3. The number of para-hydroxylation sites is 1. The van der Waals surface area contributed by atoms with Gasteiger partial charge in [-0.1, -0.05) is 114 Å². The van der Waals surface area contributed by atoms with Gasteiger partial charge in [-0.3, -0.25) is 9.55 Å². The molecule has 0 aliphatic carbocycles. The van der Waals surface area contributed by atoms with Crippen LogP contribution in [0.25, 0.3) is 61.8 Å². The zero-order valence-corrected chi connectivity index (χ0v) is 29.3. The van der Waals surface area contributed by atoms with E-state index in [9.17, 15) is 5.11 Å². The van der Waals surface area contributed by atoms with Crippen molar-refractivity contribution in [3.63, 3.8) is 0 Å². The van der Waals surface area contributed by atoms with E-state index in [4.69, 9.17) is 15.0 Å². The summed E-state index contributed by atoms with van der Waals surface area (Å²) in [6.45, 7) is 15.1. The van der Waals surface area contributed by atoms with E-state index in [0.717, 1.165) is 55.9 Å². The molecule has 0 bridgehead atoms. The molecule has 0 saturated carbocycles. The average molecular weight is 643 g/mol. The van der Waals surface area contributed by atoms with Gasteiger partial charge in [0.15, 0.2) is 11.5 Å². The Kier molecular flexibility index (Phi) is 7.95. The van der Waals surface area contributed by atoms with Gasteiger partial charge in [0.25, 0.3) is 0 Å². The number of hydrogen-bond acceptors (Lipinski definition) is 4. The number of aryl methyl sites for hydroxylation is 1. The molecule has 0 aliphatic rings. The van der Waals surface area contributed by atoms with Gasteiger partial charge in [0.05, 0.1) is 11.3 Å². The lowest BCUT2D eigenvalue weighted by atomic mass is 9.79. The summed E-state index contributed by atoms with van der Waals surface area (Å²) in [4.78, 5) is 15.1. The Morgan fingerprint density at radius 2 is 1.29 bits per heavy atom. The number of imidazole rings is 1. The van der Waals surface area contributed by atoms with Crippen molar-refractivity contribution >= 4 is 11.2 Å². The molecule has 7 aromatic rings. The molecule has 0 amide bonds. The molecule has 0 fully saturated rings. The molecule has 5 nitrogen and oxygen atoms in total. The van der Waals surface area contributed by atoms with E-state index in [1.54, 1.807) is 0 Å². The lowest BCUT2D eigenvalue weighted by Gasteiger charge is -2.27. The van der Waals surface area contributed by atoms with Crippen molar-refractivity contribution < 1.29 is 5.11 Å². The third-order valence-electron chi connectivity index (χ3n) is 9.24. The summed E-state index contributed by atoms with van der Waals surface area (Å²) < 4.78 is 2.07. The Morgan fingerprint density at radius 3 is 1.98 bits per heavy atom. The minimum absolute atomic E-state index is 0.139. The second-order valence-corrected chi connectivity index (χ2v) is 14.9. The SMILES string of the molecule is Cc1cnc(-c2cccc(-c3ccnc4c3nc(-c3cc(C(C)(C)C)cc(C(C)(C)C)c3O)n4-c3ccccc3)c2)cc1-c1ccccc1. The molecule has 7 rings (SSSR count). The molecule has 0 unspecified atom stereocenters. The Morgan fingerprint density at radius 1 is 0.612 bits per heavy atom. The number of aromatic nitrogens is 4. The summed E-state index contributed by atoms with van der Waals surface area (Å²) in [5, 5.41) is 12.0. The Balaban J connectivity index is 1.45. The van der Waals surface area contributed by atoms with Crippen LogP contribution in [0, 0.1) is 6.92 Å². The zero-order valence-electron chi connectivity index (χ0n) is 29.3. The van der Waals surface area contributed by atoms with Crippen LogP contribution < -0.4 is 0 Å². The first-order valence-electron chi connectivity index (χ1n) is 16.8. The van der Waals surface area contributed by atoms with E-state index >= 15 is 0 Å². The van der Waals surface area contributed by atoms with Crippen LogP contribution in [-0.2, 0) is 10.8 Å². The first-order chi connectivity index (χ1) is 23.4. The first-order valence-corrected chi connectivity index (χ1v) is 16.8. The lowest BCUT2D eigenvalue weighted by Crippen LogP contribution is -2.17. The van der Waals surface area contributed by atoms with Crippen molar-refractivity contribution in [2.75, 3.05) is 0 Å². The second kappa shape index (κ2) is 12.2. The van der Waals surface area contributed by atoms with E-state index in [1.807, 2.05) is 42.7 Å². The predicted molar refractivity (Wildman–Crippen MR) is 202 cm³/mol. The largest absolute Gasteiger partial charge is 0.507 e. The molecule has 49 heavy (non-hydrogen) atoms. The zero-order chi connectivity index (χ0) is 34.5. The summed E-state index contributed by atoms with van der Waals surface area (Å²) in [6, 6.07) is 37.5. The minimum atomic E-state index is -0.280. The van der Waals surface area contributed by atoms with Gasteiger partial charge in [-0.05, 0) is 82.0 Å². The van der Waals surface area contributed by atoms with Gasteiger partial charge in [-0.25, -0.2) is 9.97 Å². The maximum absolute atomic E-state index is 12.0. The summed E-state index contributed by atoms with van der Waals surface area (Å²) >= 11 is 0. The summed E-state index contributed by atoms with van der Waals surface area (Å²) in [6.07, 6.45) is 3.80. The van der Waals surface area contributed by atoms with Gasteiger partial charge in [-0.15, -0.1) is 0 Å². The summed E-state index contributed by atoms with van der Waals surface area (Å²) in [5.41, 5.74) is 12.1. The molecule has 0 spiro atoms. The third kappa shape index (κ3) is 6.02. The topological polar surface area (TPSA) is 63.8 Å². The van der Waals surface area contributed by atoms with Crippen LogP contribution >= 0.6 is 0 Å². The van der Waals surface area contributed by atoms with E-state index in [0.29, 0.717) is 11.4 Å². The van der Waals surface area contributed by atoms with Crippen molar-refractivity contribution in [2.45, 2.75) is 59.3 Å². The molecule has 0 atom stereocenters. The molecule has 4 aromatic carbocycles. The number of aromatic hydroxyl groups is 1. The van der Waals surface area contributed by atoms with Crippen molar-refractivity contribution in [3.8, 4) is 56.3 Å². The van der Waals surface area contributed by atoms with E-state index in [1.165, 1.54) is 11.1 Å². The fraction of sp³-hybridized carbons (Fsp3) is 0.205. The van der Waals surface area contributed by atoms with Crippen molar-refractivity contribution in [3.05, 3.63) is 138 Å². The first kappa shape index (κ1) is 32.0. The summed E-state index contributed by atoms with van der Waals surface area (Å²) in [7, 11) is 0. The second-order valence-electron chi connectivity index (χ2n) is 14.9. The molecule has 5 heteroatoms. The molecular weight excluding hydrogens is 601 g/mol. The molecule has 0 radical (unpaired) electrons. The molecule has 244 valence electrons. The van der Waals surface area contributed by atoms with Gasteiger partial charge in [-0.2, -0.15) is 0 Å². The molecule has 0 aliphatic heterocycles. The van der Waals surface area contributed by atoms with Crippen LogP contribution in [0.15, 0.2) is 122 Å². The molecule has 3 aromatic heterocycles. The van der Waals surface area contributed by atoms with E-state index in [2.05, 4.69) is 132 Å². The highest BCUT2D eigenvalue weighted by molar-refractivity contribution is 5.94. The monoisotopic (exact) mass is 642 g/mol. The maximum atomic E-state index is 12.0. The number of hydrogen-bond donors (Lipinski definition) is 1. The van der Waals surface area contributed by atoms with Gasteiger partial charge in [0, 0.05) is 34.8 Å². The maximum Gasteiger partial charge on any atom is 0.165 e. The fourth-order valence-corrected chi connectivity index (χ4v) is 6.47. The smallest absolute Gasteiger partial charge is 0.165 e. The highest BCUT2D eigenvalue weighted by Gasteiger charge is 2.28. The Hall–Kier alpha value is -5.55. The third-order valence-corrected chi connectivity index (χ3v) is 9.24. The number of benzene rings is 4. The molecule has 0 saturated heterocycles. The van der Waals surface area contributed by atoms with Crippen LogP contribution in [0.1, 0.15) is 58.2 Å². The molecular formula is C44H42N4O. The van der Waals surface area contributed by atoms with Crippen molar-refractivity contribution in [1.29, 1.82) is 0 Å². The van der Waals surface area contributed by atoms with Crippen LogP contribution in [0.4, 0.5) is 0 Å². The predicted octanol–water partition coefficient (Wildman–Crippen LogP) is 11.1. The number of phenolic OH excluding ortho intramolecular Hbond substituents is 1. The van der Waals surface area contributed by atoms with Crippen molar-refractivity contribution in [1.82, 2.24) is 19.5 Å². The Labute approximate surface area is 289 Å². The fourth-order valence-electron chi connectivity index (χ4n) is 6.47. The highest BCUT2D eigenvalue weighted by Crippen LogP contribution is 2.44. The molecule has 3 heterocycles. The van der Waals surface area contributed by atoms with E-state index in [-0.39, 0.29) is 16.6 Å². The standard InChI is InChI=1S/C44H42N4O/c1-28-27-46-38(26-35(28)29-15-10-8-11-16-29)31-18-14-17-30(23-31)34-21-22-45-42-39(34)47-41(48(42)33-19-12-9-13-20-33)36-24-32(43(2,3)4)25-37(40(36)49)44(5,6)7/h8-27,49H,1-7H3. The Bertz CT molecular complexity index is 2310. The quantitative estimate of drug-likeness (QED) is 0.203. The van der Waals surface area contributed by atoms with Crippen LogP contribution in [0.5, 0.6) is 5.75 Å². The molecule has 1 N–H and O–H groups in total. The van der Waals surface area contributed by atoms with Gasteiger partial charge in [0.1, 0.15) is 11.3 Å². The van der Waals surface area contributed by atoms with Crippen LogP contribution in [0.3, 0.4) is 0 Å². The normalized spacial score (nSPS) is 12.1. The lowest BCUT2D eigenvalue weighted by molar-refractivity contribution is 0.446. The van der Waals surface area contributed by atoms with Gasteiger partial charge >= 0.3 is 0 Å².